The third kappa shape index (κ3) is 7.32. The number of hydrogen-bond donors (Lipinski definition) is 4. The highest BCUT2D eigenvalue weighted by molar-refractivity contribution is 6.03. The number of pyridine rings is 1. The van der Waals surface area contributed by atoms with Gasteiger partial charge in [-0.15, -0.1) is 0 Å². The summed E-state index contributed by atoms with van der Waals surface area (Å²) >= 11 is 0. The van der Waals surface area contributed by atoms with Gasteiger partial charge < -0.3 is 26.4 Å². The molecular formula is C30H31F3N6O3. The Kier molecular flexibility index (Phi) is 8.86. The molecule has 5 N–H and O–H groups in total. The fourth-order valence-corrected chi connectivity index (χ4v) is 5.06. The Morgan fingerprint density at radius 1 is 1.10 bits per heavy atom. The number of morpholine rings is 1. The fourth-order valence-electron chi connectivity index (χ4n) is 5.06. The van der Waals surface area contributed by atoms with E-state index in [1.807, 2.05) is 0 Å². The van der Waals surface area contributed by atoms with Crippen LogP contribution in [0.15, 0.2) is 72.9 Å². The molecule has 2 fully saturated rings. The summed E-state index contributed by atoms with van der Waals surface area (Å²) in [6.07, 6.45) is 0.449. The number of hydrogen-bond acceptors (Lipinski definition) is 7. The summed E-state index contributed by atoms with van der Waals surface area (Å²) in [6, 6.07) is 15.6. The maximum absolute atomic E-state index is 13.3. The molecule has 3 atom stereocenters. The first kappa shape index (κ1) is 29.2. The topological polar surface area (TPSA) is 122 Å². The highest BCUT2D eigenvalue weighted by Crippen LogP contribution is 2.29. The zero-order chi connectivity index (χ0) is 29.7. The van der Waals surface area contributed by atoms with Crippen LogP contribution in [0.1, 0.15) is 29.2 Å². The number of likely N-dealkylation sites (tertiary alicyclic amines) is 1. The molecule has 2 saturated heterocycles. The minimum Gasteiger partial charge on any atom is -0.397 e. The molecule has 3 unspecified atom stereocenters. The second-order valence-corrected chi connectivity index (χ2v) is 10.2. The number of nitrogens with zero attached hydrogens (tertiary/aromatic N) is 2. The molecule has 220 valence electrons. The van der Waals surface area contributed by atoms with Crippen molar-refractivity contribution in [2.45, 2.75) is 30.8 Å². The third-order valence-corrected chi connectivity index (χ3v) is 7.28. The second-order valence-electron chi connectivity index (χ2n) is 10.2. The molecule has 2 amide bonds. The summed E-state index contributed by atoms with van der Waals surface area (Å²) in [5.74, 6) is -0.795. The SMILES string of the molecule is Nc1ccccc1NC(=O)/C=C/c1ccc(C(NCCN2CC3CC2CO3)C(=O)Nc2ccc(C(F)(F)F)cn2)cc1. The Hall–Kier alpha value is -4.26. The molecule has 2 aliphatic heterocycles. The van der Waals surface area contributed by atoms with Gasteiger partial charge in [0.05, 0.1) is 29.6 Å². The van der Waals surface area contributed by atoms with Crippen LogP contribution in [-0.4, -0.2) is 60.1 Å². The Morgan fingerprint density at radius 3 is 2.52 bits per heavy atom. The number of halogens is 3. The van der Waals surface area contributed by atoms with E-state index in [0.717, 1.165) is 30.7 Å². The van der Waals surface area contributed by atoms with E-state index in [0.29, 0.717) is 48.9 Å². The molecule has 5 rings (SSSR count). The predicted molar refractivity (Wildman–Crippen MR) is 153 cm³/mol. The molecule has 1 aromatic heterocycles. The van der Waals surface area contributed by atoms with Crippen molar-refractivity contribution >= 4 is 35.1 Å². The number of aromatic nitrogens is 1. The lowest BCUT2D eigenvalue weighted by atomic mass is 10.0. The predicted octanol–water partition coefficient (Wildman–Crippen LogP) is 4.08. The number of amides is 2. The van der Waals surface area contributed by atoms with Gasteiger partial charge in [0.15, 0.2) is 0 Å². The molecule has 9 nitrogen and oxygen atoms in total. The van der Waals surface area contributed by atoms with Crippen molar-refractivity contribution in [1.29, 1.82) is 0 Å². The minimum absolute atomic E-state index is 0.0124. The van der Waals surface area contributed by atoms with Gasteiger partial charge in [-0.2, -0.15) is 13.2 Å². The number of alkyl halides is 3. The van der Waals surface area contributed by atoms with E-state index in [1.54, 1.807) is 54.6 Å². The summed E-state index contributed by atoms with van der Waals surface area (Å²) in [5, 5.41) is 8.62. The van der Waals surface area contributed by atoms with Crippen molar-refractivity contribution in [2.24, 2.45) is 0 Å². The summed E-state index contributed by atoms with van der Waals surface area (Å²) < 4.78 is 44.4. The molecule has 3 heterocycles. The number of rotatable bonds is 10. The van der Waals surface area contributed by atoms with Crippen molar-refractivity contribution in [1.82, 2.24) is 15.2 Å². The Labute approximate surface area is 240 Å². The van der Waals surface area contributed by atoms with Gasteiger partial charge in [-0.3, -0.25) is 14.5 Å². The van der Waals surface area contributed by atoms with E-state index in [2.05, 4.69) is 25.8 Å². The largest absolute Gasteiger partial charge is 0.417 e. The van der Waals surface area contributed by atoms with E-state index in [9.17, 15) is 22.8 Å². The van der Waals surface area contributed by atoms with Crippen molar-refractivity contribution in [3.8, 4) is 0 Å². The highest BCUT2D eigenvalue weighted by Gasteiger charge is 2.38. The minimum atomic E-state index is -4.52. The molecule has 12 heteroatoms. The molecule has 42 heavy (non-hydrogen) atoms. The highest BCUT2D eigenvalue weighted by atomic mass is 19.4. The van der Waals surface area contributed by atoms with Gasteiger partial charge >= 0.3 is 6.18 Å². The van der Waals surface area contributed by atoms with Crippen molar-refractivity contribution in [3.05, 3.63) is 89.6 Å². The van der Waals surface area contributed by atoms with Crippen LogP contribution in [-0.2, 0) is 20.5 Å². The molecule has 0 radical (unpaired) electrons. The van der Waals surface area contributed by atoms with Crippen LogP contribution >= 0.6 is 0 Å². The third-order valence-electron chi connectivity index (χ3n) is 7.28. The van der Waals surface area contributed by atoms with Gasteiger partial charge in [0.25, 0.3) is 0 Å². The standard InChI is InChI=1S/C30H31F3N6O3/c31-30(32,33)21-10-11-26(36-16-21)38-29(41)28(35-13-14-39-17-23-15-22(39)18-42-23)20-8-5-19(6-9-20)7-12-27(40)37-25-4-2-1-3-24(25)34/h1-12,16,22-23,28,35H,13-15,17-18,34H2,(H,37,40)(H,36,38,41)/b12-7+. The van der Waals surface area contributed by atoms with Gasteiger partial charge in [0.2, 0.25) is 11.8 Å². The lowest BCUT2D eigenvalue weighted by Crippen LogP contribution is -2.43. The quantitative estimate of drug-likeness (QED) is 0.211. The Balaban J connectivity index is 1.25. The monoisotopic (exact) mass is 580 g/mol. The van der Waals surface area contributed by atoms with Gasteiger partial charge in [-0.05, 0) is 47.9 Å². The number of fused-ring (bicyclic) bond motifs is 2. The summed E-state index contributed by atoms with van der Waals surface area (Å²) in [6.45, 7) is 2.78. The molecule has 0 saturated carbocycles. The summed E-state index contributed by atoms with van der Waals surface area (Å²) in [4.78, 5) is 31.7. The summed E-state index contributed by atoms with van der Waals surface area (Å²) in [7, 11) is 0. The Bertz CT molecular complexity index is 1430. The lowest BCUT2D eigenvalue weighted by molar-refractivity contribution is -0.137. The van der Waals surface area contributed by atoms with E-state index in [4.69, 9.17) is 10.5 Å². The van der Waals surface area contributed by atoms with E-state index in [1.165, 1.54) is 6.08 Å². The van der Waals surface area contributed by atoms with Crippen LogP contribution in [0.25, 0.3) is 6.08 Å². The Morgan fingerprint density at radius 2 is 1.88 bits per heavy atom. The number of para-hydroxylation sites is 2. The zero-order valence-corrected chi connectivity index (χ0v) is 22.6. The maximum atomic E-state index is 13.3. The molecular weight excluding hydrogens is 549 g/mol. The number of nitrogens with one attached hydrogen (secondary N) is 3. The first-order chi connectivity index (χ1) is 20.2. The molecule has 0 aliphatic carbocycles. The number of nitrogen functional groups attached to an aromatic ring is 1. The maximum Gasteiger partial charge on any atom is 0.417 e. The zero-order valence-electron chi connectivity index (χ0n) is 22.6. The van der Waals surface area contributed by atoms with Gasteiger partial charge in [0, 0.05) is 37.9 Å². The van der Waals surface area contributed by atoms with Gasteiger partial charge in [-0.25, -0.2) is 4.98 Å². The number of carbonyl (C=O) groups is 2. The first-order valence-corrected chi connectivity index (χ1v) is 13.5. The number of ether oxygens (including phenoxy) is 1. The van der Waals surface area contributed by atoms with Crippen LogP contribution in [0.3, 0.4) is 0 Å². The number of benzene rings is 2. The second kappa shape index (κ2) is 12.7. The lowest BCUT2D eigenvalue weighted by Gasteiger charge is -2.27. The smallest absolute Gasteiger partial charge is 0.397 e. The average Bonchev–Trinajstić information content (AvgIpc) is 3.59. The van der Waals surface area contributed by atoms with Crippen LogP contribution in [0.4, 0.5) is 30.4 Å². The average molecular weight is 581 g/mol. The van der Waals surface area contributed by atoms with Crippen LogP contribution in [0, 0.1) is 0 Å². The molecule has 3 aromatic rings. The van der Waals surface area contributed by atoms with E-state index < -0.39 is 23.7 Å². The van der Waals surface area contributed by atoms with E-state index >= 15 is 0 Å². The van der Waals surface area contributed by atoms with Crippen LogP contribution in [0.5, 0.6) is 0 Å². The van der Waals surface area contributed by atoms with Crippen LogP contribution < -0.4 is 21.7 Å². The number of carbonyl (C=O) groups excluding carboxylic acids is 2. The molecule has 0 spiro atoms. The van der Waals surface area contributed by atoms with Crippen molar-refractivity contribution in [2.75, 3.05) is 42.6 Å². The van der Waals surface area contributed by atoms with Gasteiger partial charge in [0.1, 0.15) is 11.9 Å². The summed E-state index contributed by atoms with van der Waals surface area (Å²) in [5.41, 5.74) is 7.31. The number of nitrogens with two attached hydrogens (primary N) is 1. The van der Waals surface area contributed by atoms with E-state index in [-0.39, 0.29) is 17.8 Å². The molecule has 2 bridgehead atoms. The molecule has 2 aliphatic rings. The van der Waals surface area contributed by atoms with Crippen molar-refractivity contribution < 1.29 is 27.5 Å². The van der Waals surface area contributed by atoms with Gasteiger partial charge in [-0.1, -0.05) is 36.4 Å². The first-order valence-electron chi connectivity index (χ1n) is 13.5. The van der Waals surface area contributed by atoms with Crippen LogP contribution in [0.2, 0.25) is 0 Å². The number of anilines is 3. The molecule has 2 aromatic carbocycles. The normalized spacial score (nSPS) is 19.2. The fraction of sp³-hybridized carbons (Fsp3) is 0.300. The van der Waals surface area contributed by atoms with Crippen molar-refractivity contribution in [3.63, 3.8) is 0 Å².